The molecular weight excluding hydrogens is 448 g/mol. The number of hydrogen-bond donors (Lipinski definition) is 0. The van der Waals surface area contributed by atoms with Crippen LogP contribution in [0.3, 0.4) is 0 Å². The van der Waals surface area contributed by atoms with Crippen molar-refractivity contribution in [1.82, 2.24) is 24.6 Å². The van der Waals surface area contributed by atoms with Gasteiger partial charge in [0.2, 0.25) is 0 Å². The topological polar surface area (TPSA) is 67.2 Å². The van der Waals surface area contributed by atoms with Gasteiger partial charge in [0.25, 0.3) is 5.91 Å². The highest BCUT2D eigenvalue weighted by atomic mass is 35.5. The second-order valence-corrected chi connectivity index (χ2v) is 9.34. The van der Waals surface area contributed by atoms with E-state index in [9.17, 15) is 4.79 Å². The molecule has 0 saturated carbocycles. The van der Waals surface area contributed by atoms with E-state index in [-0.39, 0.29) is 11.9 Å². The molecule has 0 N–H and O–H groups in total. The van der Waals surface area contributed by atoms with Gasteiger partial charge in [0.05, 0.1) is 27.9 Å². The van der Waals surface area contributed by atoms with Gasteiger partial charge in [0.1, 0.15) is 5.82 Å². The summed E-state index contributed by atoms with van der Waals surface area (Å²) in [6.07, 6.45) is 3.42. The fraction of sp³-hybridized carbons (Fsp3) is 0.308. The zero-order valence-electron chi connectivity index (χ0n) is 19.6. The lowest BCUT2D eigenvalue weighted by Crippen LogP contribution is -2.49. The van der Waals surface area contributed by atoms with Crippen LogP contribution in [-0.2, 0) is 0 Å². The highest BCUT2D eigenvalue weighted by Gasteiger charge is 2.26. The van der Waals surface area contributed by atoms with E-state index in [0.29, 0.717) is 36.8 Å². The normalized spacial score (nSPS) is 14.3. The monoisotopic (exact) mass is 474 g/mol. The van der Waals surface area contributed by atoms with E-state index in [1.54, 1.807) is 12.4 Å². The molecule has 1 aromatic carbocycles. The van der Waals surface area contributed by atoms with E-state index in [1.807, 2.05) is 46.0 Å². The van der Waals surface area contributed by atoms with Crippen LogP contribution in [0.25, 0.3) is 22.3 Å². The number of carbonyl (C=O) groups excluding carboxylic acids is 1. The average molecular weight is 475 g/mol. The molecule has 1 fully saturated rings. The summed E-state index contributed by atoms with van der Waals surface area (Å²) in [4.78, 5) is 27.2. The minimum Gasteiger partial charge on any atom is -0.353 e. The van der Waals surface area contributed by atoms with Crippen molar-refractivity contribution < 1.29 is 4.79 Å². The standard InChI is InChI=1S/C26H27ClN6O/c1-17(2)33-25-22(16-29-33)21(14-23(30-25)20-7-5-4-6-18(20)3)26(34)32-12-10-31(11-13-32)24-9-8-19(27)15-28-24/h4-9,14-17H,10-13H2,1-3H3. The van der Waals surface area contributed by atoms with Crippen molar-refractivity contribution in [2.45, 2.75) is 26.8 Å². The van der Waals surface area contributed by atoms with E-state index in [0.717, 1.165) is 33.7 Å². The van der Waals surface area contributed by atoms with Crippen LogP contribution in [0.15, 0.2) is 54.9 Å². The lowest BCUT2D eigenvalue weighted by Gasteiger charge is -2.35. The smallest absolute Gasteiger partial charge is 0.254 e. The minimum absolute atomic E-state index is 0.00857. The maximum Gasteiger partial charge on any atom is 0.254 e. The molecule has 0 atom stereocenters. The number of hydrogen-bond acceptors (Lipinski definition) is 5. The van der Waals surface area contributed by atoms with Crippen LogP contribution in [0.5, 0.6) is 0 Å². The predicted octanol–water partition coefficient (Wildman–Crippen LogP) is 5.00. The molecule has 0 bridgehead atoms. The van der Waals surface area contributed by atoms with Crippen molar-refractivity contribution in [3.8, 4) is 11.3 Å². The molecule has 0 radical (unpaired) electrons. The number of amides is 1. The molecule has 0 unspecified atom stereocenters. The number of aryl methyl sites for hydroxylation is 1. The van der Waals surface area contributed by atoms with Crippen molar-refractivity contribution in [2.75, 3.05) is 31.1 Å². The maximum atomic E-state index is 13.8. The Morgan fingerprint density at radius 2 is 1.79 bits per heavy atom. The van der Waals surface area contributed by atoms with Crippen LogP contribution in [0.1, 0.15) is 35.8 Å². The summed E-state index contributed by atoms with van der Waals surface area (Å²) in [7, 11) is 0. The molecule has 34 heavy (non-hydrogen) atoms. The largest absolute Gasteiger partial charge is 0.353 e. The van der Waals surface area contributed by atoms with Gasteiger partial charge in [-0.15, -0.1) is 0 Å². The predicted molar refractivity (Wildman–Crippen MR) is 135 cm³/mol. The number of aromatic nitrogens is 4. The third-order valence-corrected chi connectivity index (χ3v) is 6.53. The number of nitrogens with zero attached hydrogens (tertiary/aromatic N) is 6. The van der Waals surface area contributed by atoms with Gasteiger partial charge in [-0.05, 0) is 44.5 Å². The number of fused-ring (bicyclic) bond motifs is 1. The molecular formula is C26H27ClN6O. The van der Waals surface area contributed by atoms with Crippen LogP contribution in [0.2, 0.25) is 5.02 Å². The molecule has 4 heterocycles. The molecule has 7 nitrogen and oxygen atoms in total. The highest BCUT2D eigenvalue weighted by molar-refractivity contribution is 6.30. The summed E-state index contributed by atoms with van der Waals surface area (Å²) in [5.74, 6) is 0.886. The van der Waals surface area contributed by atoms with Crippen LogP contribution in [0, 0.1) is 6.92 Å². The second-order valence-electron chi connectivity index (χ2n) is 8.90. The zero-order valence-corrected chi connectivity index (χ0v) is 20.3. The fourth-order valence-electron chi connectivity index (χ4n) is 4.44. The molecule has 3 aromatic heterocycles. The van der Waals surface area contributed by atoms with E-state index >= 15 is 0 Å². The molecule has 4 aromatic rings. The third-order valence-electron chi connectivity index (χ3n) is 6.31. The Balaban J connectivity index is 1.48. The summed E-state index contributed by atoms with van der Waals surface area (Å²) >= 11 is 5.97. The molecule has 1 aliphatic heterocycles. The van der Waals surface area contributed by atoms with E-state index < -0.39 is 0 Å². The highest BCUT2D eigenvalue weighted by Crippen LogP contribution is 2.29. The molecule has 5 rings (SSSR count). The van der Waals surface area contributed by atoms with Crippen molar-refractivity contribution in [2.24, 2.45) is 0 Å². The number of benzene rings is 1. The Morgan fingerprint density at radius 1 is 1.03 bits per heavy atom. The first-order chi connectivity index (χ1) is 16.4. The van der Waals surface area contributed by atoms with Crippen LogP contribution in [-0.4, -0.2) is 56.7 Å². The summed E-state index contributed by atoms with van der Waals surface area (Å²) in [5, 5.41) is 5.96. The Hall–Kier alpha value is -3.45. The molecule has 1 aliphatic rings. The lowest BCUT2D eigenvalue weighted by molar-refractivity contribution is 0.0748. The van der Waals surface area contributed by atoms with E-state index in [4.69, 9.17) is 16.6 Å². The van der Waals surface area contributed by atoms with E-state index in [1.165, 1.54) is 0 Å². The Bertz CT molecular complexity index is 1340. The van der Waals surface area contributed by atoms with Crippen molar-refractivity contribution in [1.29, 1.82) is 0 Å². The van der Waals surface area contributed by atoms with Gasteiger partial charge in [-0.1, -0.05) is 35.9 Å². The summed E-state index contributed by atoms with van der Waals surface area (Å²) in [5.41, 5.74) is 4.32. The fourth-order valence-corrected chi connectivity index (χ4v) is 4.55. The van der Waals surface area contributed by atoms with Gasteiger partial charge >= 0.3 is 0 Å². The number of rotatable bonds is 4. The molecule has 174 valence electrons. The number of carbonyl (C=O) groups is 1. The molecule has 8 heteroatoms. The summed E-state index contributed by atoms with van der Waals surface area (Å²) in [6.45, 7) is 8.86. The van der Waals surface area contributed by atoms with Crippen LogP contribution >= 0.6 is 11.6 Å². The first-order valence-electron chi connectivity index (χ1n) is 11.5. The van der Waals surface area contributed by atoms with Gasteiger partial charge in [0, 0.05) is 44.0 Å². The van der Waals surface area contributed by atoms with Gasteiger partial charge in [0.15, 0.2) is 5.65 Å². The number of pyridine rings is 2. The molecule has 0 aliphatic carbocycles. The molecule has 0 spiro atoms. The van der Waals surface area contributed by atoms with Gasteiger partial charge in [-0.25, -0.2) is 14.6 Å². The first kappa shape index (κ1) is 22.3. The van der Waals surface area contributed by atoms with Gasteiger partial charge in [-0.2, -0.15) is 5.10 Å². The number of piperazine rings is 1. The average Bonchev–Trinajstić information content (AvgIpc) is 3.28. The van der Waals surface area contributed by atoms with Crippen molar-refractivity contribution in [3.63, 3.8) is 0 Å². The second kappa shape index (κ2) is 9.06. The van der Waals surface area contributed by atoms with Crippen molar-refractivity contribution in [3.05, 3.63) is 71.0 Å². The van der Waals surface area contributed by atoms with E-state index in [2.05, 4.69) is 41.8 Å². The first-order valence-corrected chi connectivity index (χ1v) is 11.9. The van der Waals surface area contributed by atoms with Crippen LogP contribution in [0.4, 0.5) is 5.82 Å². The zero-order chi connectivity index (χ0) is 23.8. The number of halogens is 1. The van der Waals surface area contributed by atoms with Gasteiger partial charge < -0.3 is 9.80 Å². The SMILES string of the molecule is Cc1ccccc1-c1cc(C(=O)N2CCN(c3ccc(Cl)cn3)CC2)c2cnn(C(C)C)c2n1. The Labute approximate surface area is 204 Å². The van der Waals surface area contributed by atoms with Crippen LogP contribution < -0.4 is 4.90 Å². The molecule has 1 amide bonds. The van der Waals surface area contributed by atoms with Gasteiger partial charge in [-0.3, -0.25) is 4.79 Å². The summed E-state index contributed by atoms with van der Waals surface area (Å²) < 4.78 is 1.89. The van der Waals surface area contributed by atoms with Crippen molar-refractivity contribution >= 4 is 34.4 Å². The maximum absolute atomic E-state index is 13.8. The lowest BCUT2D eigenvalue weighted by atomic mass is 10.0. The minimum atomic E-state index is 0.00857. The Morgan fingerprint density at radius 3 is 2.47 bits per heavy atom. The molecule has 1 saturated heterocycles. The quantitative estimate of drug-likeness (QED) is 0.416. The number of anilines is 1. The third kappa shape index (κ3) is 4.12. The Kier molecular flexibility index (Phi) is 5.96. The summed E-state index contributed by atoms with van der Waals surface area (Å²) in [6, 6.07) is 13.9.